The number of aromatic nitrogens is 7. The molecule has 0 aliphatic heterocycles. The van der Waals surface area contributed by atoms with Gasteiger partial charge in [-0.1, -0.05) is 12.1 Å². The number of carbonyl (C=O) groups excluding carboxylic acids is 1. The topological polar surface area (TPSA) is 106 Å². The van der Waals surface area contributed by atoms with Crippen LogP contribution in [-0.4, -0.2) is 40.4 Å². The Morgan fingerprint density at radius 3 is 2.93 bits per heavy atom. The quantitative estimate of drug-likeness (QED) is 0.473. The average Bonchev–Trinajstić information content (AvgIpc) is 3.48. The third kappa shape index (κ3) is 3.44. The van der Waals surface area contributed by atoms with Crippen LogP contribution in [0.15, 0.2) is 67.4 Å². The normalized spacial score (nSPS) is 11.1. The Morgan fingerprint density at radius 2 is 2.07 bits per heavy atom. The highest BCUT2D eigenvalue weighted by Gasteiger charge is 2.13. The Labute approximate surface area is 171 Å². The van der Waals surface area contributed by atoms with E-state index >= 15 is 0 Å². The molecule has 4 heterocycles. The molecule has 5 rings (SSSR count). The maximum atomic E-state index is 12.6. The van der Waals surface area contributed by atoms with E-state index in [1.165, 1.54) is 0 Å². The lowest BCUT2D eigenvalue weighted by Gasteiger charge is -2.08. The number of benzene rings is 1. The maximum Gasteiger partial charge on any atom is 0.247 e. The molecule has 9 nitrogen and oxygen atoms in total. The highest BCUT2D eigenvalue weighted by Crippen LogP contribution is 2.22. The Kier molecular flexibility index (Phi) is 4.32. The molecule has 5 aromatic rings. The van der Waals surface area contributed by atoms with E-state index in [0.717, 1.165) is 27.9 Å². The molecule has 0 saturated carbocycles. The fraction of sp³-hybridized carbons (Fsp3) is 0.0952. The number of hydrogen-bond acceptors (Lipinski definition) is 5. The Hall–Kier alpha value is -4.27. The van der Waals surface area contributed by atoms with Crippen LogP contribution in [0.25, 0.3) is 28.0 Å². The molecule has 0 saturated heterocycles. The van der Waals surface area contributed by atoms with Gasteiger partial charge in [-0.3, -0.25) is 9.48 Å². The standard InChI is InChI=1S/C21H18N8O/c1-14-8-20(29(27-14)19-4-2-3-7-22-19)26-21(30)12-28-11-16(10-25-28)15-5-6-17-18(9-15)24-13-23-17/h2-11,13H,12H2,1H3,(H,23,24)(H,26,30). The Bertz CT molecular complexity index is 1330. The van der Waals surface area contributed by atoms with E-state index in [4.69, 9.17) is 0 Å². The van der Waals surface area contributed by atoms with Crippen molar-refractivity contribution < 1.29 is 4.79 Å². The van der Waals surface area contributed by atoms with Gasteiger partial charge < -0.3 is 10.3 Å². The number of pyridine rings is 1. The number of carbonyl (C=O) groups is 1. The van der Waals surface area contributed by atoms with Crippen molar-refractivity contribution in [2.24, 2.45) is 0 Å². The second-order valence-corrected chi connectivity index (χ2v) is 6.88. The highest BCUT2D eigenvalue weighted by atomic mass is 16.2. The number of anilines is 1. The first-order valence-electron chi connectivity index (χ1n) is 9.39. The highest BCUT2D eigenvalue weighted by molar-refractivity contribution is 5.90. The molecule has 0 radical (unpaired) electrons. The lowest BCUT2D eigenvalue weighted by atomic mass is 10.1. The van der Waals surface area contributed by atoms with Crippen molar-refractivity contribution in [1.82, 2.24) is 34.5 Å². The van der Waals surface area contributed by atoms with Crippen molar-refractivity contribution in [3.8, 4) is 16.9 Å². The van der Waals surface area contributed by atoms with Crippen LogP contribution in [0.1, 0.15) is 5.69 Å². The zero-order valence-electron chi connectivity index (χ0n) is 16.1. The van der Waals surface area contributed by atoms with E-state index in [-0.39, 0.29) is 12.5 Å². The molecular weight excluding hydrogens is 380 g/mol. The molecule has 0 unspecified atom stereocenters. The molecule has 1 aromatic carbocycles. The summed E-state index contributed by atoms with van der Waals surface area (Å²) in [5, 5.41) is 11.6. The van der Waals surface area contributed by atoms with Gasteiger partial charge >= 0.3 is 0 Å². The largest absolute Gasteiger partial charge is 0.345 e. The molecule has 0 spiro atoms. The number of imidazole rings is 1. The minimum Gasteiger partial charge on any atom is -0.345 e. The van der Waals surface area contributed by atoms with Gasteiger partial charge in [0.1, 0.15) is 12.4 Å². The van der Waals surface area contributed by atoms with Crippen LogP contribution in [0.3, 0.4) is 0 Å². The predicted molar refractivity (Wildman–Crippen MR) is 112 cm³/mol. The van der Waals surface area contributed by atoms with Crippen molar-refractivity contribution in [3.05, 3.63) is 73.1 Å². The summed E-state index contributed by atoms with van der Waals surface area (Å²) in [5.41, 5.74) is 4.57. The van der Waals surface area contributed by atoms with E-state index in [9.17, 15) is 4.79 Å². The number of nitrogens with one attached hydrogen (secondary N) is 2. The second-order valence-electron chi connectivity index (χ2n) is 6.88. The summed E-state index contributed by atoms with van der Waals surface area (Å²) >= 11 is 0. The van der Waals surface area contributed by atoms with E-state index in [1.54, 1.807) is 34.2 Å². The number of nitrogens with zero attached hydrogens (tertiary/aromatic N) is 6. The summed E-state index contributed by atoms with van der Waals surface area (Å²) in [6.45, 7) is 1.95. The van der Waals surface area contributed by atoms with Gasteiger partial charge in [0.05, 0.1) is 29.3 Å². The monoisotopic (exact) mass is 398 g/mol. The van der Waals surface area contributed by atoms with Gasteiger partial charge in [-0.2, -0.15) is 14.9 Å². The lowest BCUT2D eigenvalue weighted by molar-refractivity contribution is -0.116. The maximum absolute atomic E-state index is 12.6. The number of fused-ring (bicyclic) bond motifs is 1. The summed E-state index contributed by atoms with van der Waals surface area (Å²) in [6.07, 6.45) is 6.94. The molecule has 0 atom stereocenters. The predicted octanol–water partition coefficient (Wildman–Crippen LogP) is 2.95. The Morgan fingerprint density at radius 1 is 1.13 bits per heavy atom. The molecule has 9 heteroatoms. The van der Waals surface area contributed by atoms with Crippen LogP contribution in [0.4, 0.5) is 5.82 Å². The second kappa shape index (κ2) is 7.28. The van der Waals surface area contributed by atoms with Gasteiger partial charge in [-0.25, -0.2) is 9.97 Å². The molecule has 2 N–H and O–H groups in total. The molecule has 0 bridgehead atoms. The summed E-state index contributed by atoms with van der Waals surface area (Å²) in [6, 6.07) is 13.3. The van der Waals surface area contributed by atoms with Crippen LogP contribution >= 0.6 is 0 Å². The molecule has 4 aromatic heterocycles. The first-order chi connectivity index (χ1) is 14.7. The fourth-order valence-corrected chi connectivity index (χ4v) is 3.29. The van der Waals surface area contributed by atoms with Crippen LogP contribution in [0.2, 0.25) is 0 Å². The van der Waals surface area contributed by atoms with E-state index < -0.39 is 0 Å². The van der Waals surface area contributed by atoms with Gasteiger partial charge in [0.2, 0.25) is 5.91 Å². The van der Waals surface area contributed by atoms with Crippen molar-refractivity contribution in [2.45, 2.75) is 13.5 Å². The van der Waals surface area contributed by atoms with Gasteiger partial charge in [0, 0.05) is 24.0 Å². The number of H-pyrrole nitrogens is 1. The number of amides is 1. The number of hydrogen-bond donors (Lipinski definition) is 2. The summed E-state index contributed by atoms with van der Waals surface area (Å²) in [7, 11) is 0. The fourth-order valence-electron chi connectivity index (χ4n) is 3.29. The van der Waals surface area contributed by atoms with Gasteiger partial charge in [-0.05, 0) is 36.8 Å². The third-order valence-electron chi connectivity index (χ3n) is 4.66. The van der Waals surface area contributed by atoms with Crippen LogP contribution < -0.4 is 5.32 Å². The first-order valence-corrected chi connectivity index (χ1v) is 9.39. The Balaban J connectivity index is 1.32. The van der Waals surface area contributed by atoms with Gasteiger partial charge in [-0.15, -0.1) is 0 Å². The van der Waals surface area contributed by atoms with Gasteiger partial charge in [0.15, 0.2) is 5.82 Å². The zero-order valence-corrected chi connectivity index (χ0v) is 16.1. The smallest absolute Gasteiger partial charge is 0.247 e. The molecule has 30 heavy (non-hydrogen) atoms. The molecule has 1 amide bonds. The number of rotatable bonds is 5. The molecule has 0 aliphatic rings. The molecule has 0 fully saturated rings. The zero-order chi connectivity index (χ0) is 20.5. The van der Waals surface area contributed by atoms with Crippen LogP contribution in [0, 0.1) is 6.92 Å². The van der Waals surface area contributed by atoms with Crippen molar-refractivity contribution in [1.29, 1.82) is 0 Å². The lowest BCUT2D eigenvalue weighted by Crippen LogP contribution is -2.21. The average molecular weight is 398 g/mol. The van der Waals surface area contributed by atoms with Crippen molar-refractivity contribution in [3.63, 3.8) is 0 Å². The van der Waals surface area contributed by atoms with Crippen molar-refractivity contribution >= 4 is 22.8 Å². The van der Waals surface area contributed by atoms with Gasteiger partial charge in [0.25, 0.3) is 0 Å². The third-order valence-corrected chi connectivity index (χ3v) is 4.66. The number of aromatic amines is 1. The minimum absolute atomic E-state index is 0.0821. The number of aryl methyl sites for hydroxylation is 1. The molecule has 0 aliphatic carbocycles. The summed E-state index contributed by atoms with van der Waals surface area (Å²) in [5.74, 6) is 0.996. The van der Waals surface area contributed by atoms with E-state index in [1.807, 2.05) is 49.5 Å². The summed E-state index contributed by atoms with van der Waals surface area (Å²) in [4.78, 5) is 24.2. The first kappa shape index (κ1) is 17.8. The van der Waals surface area contributed by atoms with E-state index in [0.29, 0.717) is 11.6 Å². The minimum atomic E-state index is -0.203. The summed E-state index contributed by atoms with van der Waals surface area (Å²) < 4.78 is 3.22. The van der Waals surface area contributed by atoms with E-state index in [2.05, 4.69) is 30.5 Å². The SMILES string of the molecule is Cc1cc(NC(=O)Cn2cc(-c3ccc4nc[nH]c4c3)cn2)n(-c2ccccn2)n1. The molecular formula is C21H18N8O. The van der Waals surface area contributed by atoms with Crippen molar-refractivity contribution in [2.75, 3.05) is 5.32 Å². The van der Waals surface area contributed by atoms with Crippen LogP contribution in [-0.2, 0) is 11.3 Å². The van der Waals surface area contributed by atoms with Crippen LogP contribution in [0.5, 0.6) is 0 Å². The molecule has 148 valence electrons.